The highest BCUT2D eigenvalue weighted by Gasteiger charge is 2.09. The summed E-state index contributed by atoms with van der Waals surface area (Å²) in [6.07, 6.45) is 0. The van der Waals surface area contributed by atoms with Gasteiger partial charge in [-0.25, -0.2) is 0 Å². The second-order valence-corrected chi connectivity index (χ2v) is 5.25. The van der Waals surface area contributed by atoms with Crippen molar-refractivity contribution in [2.75, 3.05) is 13.2 Å². The lowest BCUT2D eigenvalue weighted by atomic mass is 10.2. The van der Waals surface area contributed by atoms with Crippen LogP contribution in [0.1, 0.15) is 29.8 Å². The summed E-state index contributed by atoms with van der Waals surface area (Å²) in [5.41, 5.74) is 1.50. The van der Waals surface area contributed by atoms with E-state index in [9.17, 15) is 4.79 Å². The maximum atomic E-state index is 12.2. The molecule has 0 saturated carbocycles. The predicted octanol–water partition coefficient (Wildman–Crippen LogP) is 4.07. The molecule has 0 aromatic heterocycles. The minimum absolute atomic E-state index is 0.177. The number of amides is 1. The SMILES string of the molecule is CCOc1ccc(CNC(=O)c2ccc(OCC)c(Cl)c2)cc1. The Bertz CT molecular complexity index is 656. The van der Waals surface area contributed by atoms with Gasteiger partial charge in [-0.2, -0.15) is 0 Å². The van der Waals surface area contributed by atoms with Crippen molar-refractivity contribution in [3.8, 4) is 11.5 Å². The Kier molecular flexibility index (Phi) is 6.29. The molecule has 2 aromatic rings. The zero-order chi connectivity index (χ0) is 16.7. The lowest BCUT2D eigenvalue weighted by Gasteiger charge is -2.09. The van der Waals surface area contributed by atoms with Crippen molar-refractivity contribution < 1.29 is 14.3 Å². The van der Waals surface area contributed by atoms with E-state index in [-0.39, 0.29) is 5.91 Å². The van der Waals surface area contributed by atoms with Crippen molar-refractivity contribution in [2.45, 2.75) is 20.4 Å². The number of hydrogen-bond acceptors (Lipinski definition) is 3. The van der Waals surface area contributed by atoms with Crippen LogP contribution in [-0.2, 0) is 6.54 Å². The summed E-state index contributed by atoms with van der Waals surface area (Å²) in [4.78, 5) is 12.2. The summed E-state index contributed by atoms with van der Waals surface area (Å²) >= 11 is 6.10. The normalized spacial score (nSPS) is 10.2. The Labute approximate surface area is 141 Å². The van der Waals surface area contributed by atoms with E-state index in [0.29, 0.717) is 36.1 Å². The minimum atomic E-state index is -0.177. The van der Waals surface area contributed by atoms with Gasteiger partial charge in [0.2, 0.25) is 0 Å². The molecular weight excluding hydrogens is 314 g/mol. The number of rotatable bonds is 7. The van der Waals surface area contributed by atoms with E-state index < -0.39 is 0 Å². The predicted molar refractivity (Wildman–Crippen MR) is 91.4 cm³/mol. The average molecular weight is 334 g/mol. The molecule has 0 saturated heterocycles. The topological polar surface area (TPSA) is 47.6 Å². The van der Waals surface area contributed by atoms with Gasteiger partial charge in [-0.15, -0.1) is 0 Å². The Hall–Kier alpha value is -2.20. The molecular formula is C18H20ClNO3. The summed E-state index contributed by atoms with van der Waals surface area (Å²) in [7, 11) is 0. The molecule has 5 heteroatoms. The van der Waals surface area contributed by atoms with Crippen LogP contribution in [-0.4, -0.2) is 19.1 Å². The molecule has 23 heavy (non-hydrogen) atoms. The highest BCUT2D eigenvalue weighted by Crippen LogP contribution is 2.25. The van der Waals surface area contributed by atoms with Crippen LogP contribution >= 0.6 is 11.6 Å². The summed E-state index contributed by atoms with van der Waals surface area (Å²) in [6.45, 7) is 5.43. The quantitative estimate of drug-likeness (QED) is 0.831. The van der Waals surface area contributed by atoms with E-state index >= 15 is 0 Å². The van der Waals surface area contributed by atoms with Gasteiger partial charge < -0.3 is 14.8 Å². The molecule has 1 amide bonds. The largest absolute Gasteiger partial charge is 0.494 e. The lowest BCUT2D eigenvalue weighted by molar-refractivity contribution is 0.0951. The molecule has 0 aliphatic rings. The van der Waals surface area contributed by atoms with Gasteiger partial charge in [0.05, 0.1) is 18.2 Å². The van der Waals surface area contributed by atoms with Crippen LogP contribution in [0.25, 0.3) is 0 Å². The molecule has 2 rings (SSSR count). The number of carbonyl (C=O) groups excluding carboxylic acids is 1. The number of halogens is 1. The van der Waals surface area contributed by atoms with E-state index in [0.717, 1.165) is 11.3 Å². The lowest BCUT2D eigenvalue weighted by Crippen LogP contribution is -2.22. The van der Waals surface area contributed by atoms with E-state index in [4.69, 9.17) is 21.1 Å². The first-order valence-electron chi connectivity index (χ1n) is 7.56. The zero-order valence-electron chi connectivity index (χ0n) is 13.3. The molecule has 0 radical (unpaired) electrons. The Morgan fingerprint density at radius 1 is 1.04 bits per heavy atom. The Balaban J connectivity index is 1.95. The summed E-state index contributed by atoms with van der Waals surface area (Å²) in [5.74, 6) is 1.22. The third-order valence-electron chi connectivity index (χ3n) is 3.18. The van der Waals surface area contributed by atoms with Gasteiger partial charge in [0.1, 0.15) is 11.5 Å². The van der Waals surface area contributed by atoms with Gasteiger partial charge in [0.15, 0.2) is 0 Å². The van der Waals surface area contributed by atoms with E-state index in [2.05, 4.69) is 5.32 Å². The van der Waals surface area contributed by atoms with Crippen molar-refractivity contribution in [3.05, 3.63) is 58.6 Å². The standard InChI is InChI=1S/C18H20ClNO3/c1-3-22-15-8-5-13(6-9-15)12-20-18(21)14-7-10-17(23-4-2)16(19)11-14/h5-11H,3-4,12H2,1-2H3,(H,20,21). The van der Waals surface area contributed by atoms with Gasteiger partial charge in [0, 0.05) is 12.1 Å². The molecule has 122 valence electrons. The summed E-state index contributed by atoms with van der Waals surface area (Å²) in [6, 6.07) is 12.6. The molecule has 1 N–H and O–H groups in total. The number of benzene rings is 2. The third-order valence-corrected chi connectivity index (χ3v) is 3.48. The first-order valence-corrected chi connectivity index (χ1v) is 7.94. The molecule has 0 aliphatic carbocycles. The molecule has 0 bridgehead atoms. The van der Waals surface area contributed by atoms with Crippen LogP contribution in [0.2, 0.25) is 5.02 Å². The highest BCUT2D eigenvalue weighted by atomic mass is 35.5. The van der Waals surface area contributed by atoms with Gasteiger partial charge in [-0.05, 0) is 49.7 Å². The summed E-state index contributed by atoms with van der Waals surface area (Å²) < 4.78 is 10.7. The maximum absolute atomic E-state index is 12.2. The van der Waals surface area contributed by atoms with Gasteiger partial charge in [-0.1, -0.05) is 23.7 Å². The number of nitrogens with one attached hydrogen (secondary N) is 1. The monoisotopic (exact) mass is 333 g/mol. The van der Waals surface area contributed by atoms with E-state index in [1.165, 1.54) is 0 Å². The number of hydrogen-bond donors (Lipinski definition) is 1. The van der Waals surface area contributed by atoms with Crippen molar-refractivity contribution in [1.29, 1.82) is 0 Å². The van der Waals surface area contributed by atoms with Crippen LogP contribution in [0.15, 0.2) is 42.5 Å². The molecule has 0 heterocycles. The first-order chi connectivity index (χ1) is 11.1. The van der Waals surface area contributed by atoms with Crippen molar-refractivity contribution in [2.24, 2.45) is 0 Å². The van der Waals surface area contributed by atoms with Crippen molar-refractivity contribution in [1.82, 2.24) is 5.32 Å². The minimum Gasteiger partial charge on any atom is -0.494 e. The maximum Gasteiger partial charge on any atom is 0.251 e. The molecule has 4 nitrogen and oxygen atoms in total. The average Bonchev–Trinajstić information content (AvgIpc) is 2.56. The fourth-order valence-electron chi connectivity index (χ4n) is 2.07. The fraction of sp³-hybridized carbons (Fsp3) is 0.278. The van der Waals surface area contributed by atoms with E-state index in [1.54, 1.807) is 18.2 Å². The van der Waals surface area contributed by atoms with Crippen LogP contribution in [0.5, 0.6) is 11.5 Å². The first kappa shape index (κ1) is 17.2. The molecule has 2 aromatic carbocycles. The summed E-state index contributed by atoms with van der Waals surface area (Å²) in [5, 5.41) is 3.30. The molecule has 0 aliphatic heterocycles. The zero-order valence-corrected chi connectivity index (χ0v) is 14.0. The van der Waals surface area contributed by atoms with E-state index in [1.807, 2.05) is 38.1 Å². The number of carbonyl (C=O) groups is 1. The van der Waals surface area contributed by atoms with Gasteiger partial charge >= 0.3 is 0 Å². The van der Waals surface area contributed by atoms with Crippen molar-refractivity contribution >= 4 is 17.5 Å². The fourth-order valence-corrected chi connectivity index (χ4v) is 2.30. The second kappa shape index (κ2) is 8.44. The Morgan fingerprint density at radius 3 is 2.35 bits per heavy atom. The Morgan fingerprint density at radius 2 is 1.74 bits per heavy atom. The van der Waals surface area contributed by atoms with Crippen LogP contribution in [0.3, 0.4) is 0 Å². The number of ether oxygens (including phenoxy) is 2. The smallest absolute Gasteiger partial charge is 0.251 e. The molecule has 0 atom stereocenters. The van der Waals surface area contributed by atoms with Crippen molar-refractivity contribution in [3.63, 3.8) is 0 Å². The van der Waals surface area contributed by atoms with Crippen LogP contribution in [0.4, 0.5) is 0 Å². The molecule has 0 fully saturated rings. The second-order valence-electron chi connectivity index (χ2n) is 4.84. The molecule has 0 unspecified atom stereocenters. The van der Waals surface area contributed by atoms with Gasteiger partial charge in [0.25, 0.3) is 5.91 Å². The molecule has 0 spiro atoms. The van der Waals surface area contributed by atoms with Crippen LogP contribution < -0.4 is 14.8 Å². The van der Waals surface area contributed by atoms with Gasteiger partial charge in [-0.3, -0.25) is 4.79 Å². The van der Waals surface area contributed by atoms with Crippen LogP contribution in [0, 0.1) is 0 Å². The third kappa shape index (κ3) is 4.89. The highest BCUT2D eigenvalue weighted by molar-refractivity contribution is 6.32.